The Labute approximate surface area is 89.0 Å². The lowest BCUT2D eigenvalue weighted by atomic mass is 10.1. The van der Waals surface area contributed by atoms with Gasteiger partial charge in [-0.05, 0) is 34.5 Å². The molecule has 0 unspecified atom stereocenters. The van der Waals surface area contributed by atoms with E-state index in [9.17, 15) is 9.18 Å². The van der Waals surface area contributed by atoms with Crippen molar-refractivity contribution in [2.24, 2.45) is 0 Å². The number of halogens is 3. The van der Waals surface area contributed by atoms with E-state index in [0.717, 1.165) is 0 Å². The Kier molecular flexibility index (Phi) is 3.45. The van der Waals surface area contributed by atoms with Crippen LogP contribution in [0.4, 0.5) is 4.39 Å². The van der Waals surface area contributed by atoms with Gasteiger partial charge in [0.1, 0.15) is 5.82 Å². The summed E-state index contributed by atoms with van der Waals surface area (Å²) in [6.45, 7) is 1.60. The van der Waals surface area contributed by atoms with Gasteiger partial charge in [-0.25, -0.2) is 4.39 Å². The summed E-state index contributed by atoms with van der Waals surface area (Å²) in [6.07, 6.45) is 0. The van der Waals surface area contributed by atoms with Crippen molar-refractivity contribution in [1.82, 2.24) is 0 Å². The fourth-order valence-electron chi connectivity index (χ4n) is 0.979. The monoisotopic (exact) mass is 264 g/mol. The summed E-state index contributed by atoms with van der Waals surface area (Å²) >= 11 is 8.45. The molecule has 4 heteroatoms. The molecule has 0 aliphatic heterocycles. The van der Waals surface area contributed by atoms with E-state index in [1.165, 1.54) is 0 Å². The first-order valence-corrected chi connectivity index (χ1v) is 4.94. The number of Topliss-reactive ketones (excluding diaryl/α,β-unsaturated/α-hetero) is 1. The topological polar surface area (TPSA) is 17.1 Å². The fourth-order valence-corrected chi connectivity index (χ4v) is 1.64. The third-order valence-electron chi connectivity index (χ3n) is 1.68. The van der Waals surface area contributed by atoms with Crippen LogP contribution in [0.3, 0.4) is 0 Å². The van der Waals surface area contributed by atoms with E-state index in [4.69, 9.17) is 11.6 Å². The van der Waals surface area contributed by atoms with E-state index in [1.54, 1.807) is 19.1 Å². The molecule has 0 N–H and O–H groups in total. The van der Waals surface area contributed by atoms with Crippen molar-refractivity contribution in [3.63, 3.8) is 0 Å². The highest BCUT2D eigenvalue weighted by atomic mass is 79.9. The maximum absolute atomic E-state index is 13.4. The predicted molar refractivity (Wildman–Crippen MR) is 53.9 cm³/mol. The van der Waals surface area contributed by atoms with Crippen LogP contribution in [0.5, 0.6) is 0 Å². The summed E-state index contributed by atoms with van der Waals surface area (Å²) in [7, 11) is 0. The molecule has 0 aliphatic rings. The standard InChI is InChI=1S/C9H7BrClFO/c1-5-2-3-6(10)8(9(5)12)7(13)4-11/h2-3H,4H2,1H3. The molecule has 0 fully saturated rings. The van der Waals surface area contributed by atoms with Crippen LogP contribution >= 0.6 is 27.5 Å². The Morgan fingerprint density at radius 3 is 2.77 bits per heavy atom. The van der Waals surface area contributed by atoms with E-state index < -0.39 is 11.6 Å². The van der Waals surface area contributed by atoms with Crippen LogP contribution < -0.4 is 0 Å². The molecule has 0 saturated heterocycles. The van der Waals surface area contributed by atoms with E-state index in [1.807, 2.05) is 0 Å². The molecule has 0 saturated carbocycles. The summed E-state index contributed by atoms with van der Waals surface area (Å²) in [5.74, 6) is -1.12. The summed E-state index contributed by atoms with van der Waals surface area (Å²) < 4.78 is 13.8. The highest BCUT2D eigenvalue weighted by Crippen LogP contribution is 2.23. The Bertz CT molecular complexity index is 352. The van der Waals surface area contributed by atoms with Crippen molar-refractivity contribution in [3.05, 3.63) is 33.5 Å². The molecule has 0 bridgehead atoms. The van der Waals surface area contributed by atoms with Crippen LogP contribution in [-0.4, -0.2) is 11.7 Å². The summed E-state index contributed by atoms with van der Waals surface area (Å²) in [5.41, 5.74) is 0.478. The largest absolute Gasteiger partial charge is 0.293 e. The van der Waals surface area contributed by atoms with Gasteiger partial charge in [-0.1, -0.05) is 6.07 Å². The lowest BCUT2D eigenvalue weighted by Gasteiger charge is -2.04. The summed E-state index contributed by atoms with van der Waals surface area (Å²) in [6, 6.07) is 3.24. The van der Waals surface area contributed by atoms with Gasteiger partial charge in [-0.2, -0.15) is 0 Å². The predicted octanol–water partition coefficient (Wildman–Crippen LogP) is 3.32. The van der Waals surface area contributed by atoms with E-state index in [2.05, 4.69) is 15.9 Å². The van der Waals surface area contributed by atoms with Crippen LogP contribution in [0, 0.1) is 12.7 Å². The fraction of sp³-hybridized carbons (Fsp3) is 0.222. The van der Waals surface area contributed by atoms with Crippen molar-refractivity contribution in [2.45, 2.75) is 6.92 Å². The van der Waals surface area contributed by atoms with Crippen molar-refractivity contribution in [2.75, 3.05) is 5.88 Å². The minimum atomic E-state index is -0.500. The number of alkyl halides is 1. The van der Waals surface area contributed by atoms with Crippen LogP contribution in [0.2, 0.25) is 0 Å². The minimum Gasteiger partial charge on any atom is -0.293 e. The van der Waals surface area contributed by atoms with Crippen LogP contribution in [0.1, 0.15) is 15.9 Å². The molecule has 0 spiro atoms. The second-order valence-electron chi connectivity index (χ2n) is 2.61. The van der Waals surface area contributed by atoms with Gasteiger partial charge in [0.05, 0.1) is 11.4 Å². The van der Waals surface area contributed by atoms with Gasteiger partial charge in [0.2, 0.25) is 0 Å². The lowest BCUT2D eigenvalue weighted by Crippen LogP contribution is -2.06. The van der Waals surface area contributed by atoms with Crippen molar-refractivity contribution >= 4 is 33.3 Å². The Morgan fingerprint density at radius 2 is 2.23 bits per heavy atom. The summed E-state index contributed by atoms with van der Waals surface area (Å²) in [5, 5.41) is 0. The zero-order chi connectivity index (χ0) is 10.0. The Balaban J connectivity index is 3.33. The van der Waals surface area contributed by atoms with E-state index in [0.29, 0.717) is 10.0 Å². The molecule has 13 heavy (non-hydrogen) atoms. The number of rotatable bonds is 2. The maximum Gasteiger partial charge on any atom is 0.181 e. The number of ketones is 1. The van der Waals surface area contributed by atoms with Crippen molar-refractivity contribution < 1.29 is 9.18 Å². The van der Waals surface area contributed by atoms with Crippen LogP contribution in [-0.2, 0) is 0 Å². The number of carbonyl (C=O) groups excluding carboxylic acids is 1. The van der Waals surface area contributed by atoms with Gasteiger partial charge < -0.3 is 0 Å². The average Bonchev–Trinajstić information content (AvgIpc) is 2.12. The zero-order valence-electron chi connectivity index (χ0n) is 6.90. The smallest absolute Gasteiger partial charge is 0.181 e. The highest BCUT2D eigenvalue weighted by molar-refractivity contribution is 9.10. The number of aryl methyl sites for hydroxylation is 1. The first kappa shape index (κ1) is 10.7. The molecular weight excluding hydrogens is 258 g/mol. The first-order chi connectivity index (χ1) is 6.07. The number of hydrogen-bond donors (Lipinski definition) is 0. The molecule has 0 radical (unpaired) electrons. The number of hydrogen-bond acceptors (Lipinski definition) is 1. The molecule has 1 nitrogen and oxygen atoms in total. The van der Waals surface area contributed by atoms with Gasteiger partial charge in [0, 0.05) is 4.47 Å². The number of benzene rings is 1. The molecule has 0 atom stereocenters. The minimum absolute atomic E-state index is 0.0370. The van der Waals surface area contributed by atoms with Crippen molar-refractivity contribution in [3.8, 4) is 0 Å². The molecule has 1 aromatic rings. The molecule has 1 rings (SSSR count). The maximum atomic E-state index is 13.4. The van der Waals surface area contributed by atoms with Gasteiger partial charge in [-0.15, -0.1) is 11.6 Å². The van der Waals surface area contributed by atoms with E-state index >= 15 is 0 Å². The lowest BCUT2D eigenvalue weighted by molar-refractivity contribution is 0.101. The molecule has 0 heterocycles. The van der Waals surface area contributed by atoms with Gasteiger partial charge >= 0.3 is 0 Å². The highest BCUT2D eigenvalue weighted by Gasteiger charge is 2.15. The average molecular weight is 266 g/mol. The molecular formula is C9H7BrClFO. The summed E-state index contributed by atoms with van der Waals surface area (Å²) in [4.78, 5) is 11.2. The third-order valence-corrected chi connectivity index (χ3v) is 2.59. The zero-order valence-corrected chi connectivity index (χ0v) is 9.25. The van der Waals surface area contributed by atoms with Gasteiger partial charge in [0.25, 0.3) is 0 Å². The van der Waals surface area contributed by atoms with Gasteiger partial charge in [0.15, 0.2) is 5.78 Å². The van der Waals surface area contributed by atoms with Gasteiger partial charge in [-0.3, -0.25) is 4.79 Å². The molecule has 70 valence electrons. The third kappa shape index (κ3) is 2.09. The molecule has 1 aromatic carbocycles. The second kappa shape index (κ2) is 4.20. The van der Waals surface area contributed by atoms with Crippen LogP contribution in [0.15, 0.2) is 16.6 Å². The molecule has 0 aliphatic carbocycles. The van der Waals surface area contributed by atoms with E-state index in [-0.39, 0.29) is 11.4 Å². The Hall–Kier alpha value is -0.410. The SMILES string of the molecule is Cc1ccc(Br)c(C(=O)CCl)c1F. The van der Waals surface area contributed by atoms with Crippen molar-refractivity contribution in [1.29, 1.82) is 0 Å². The normalized spacial score (nSPS) is 10.2. The number of carbonyl (C=O) groups is 1. The van der Waals surface area contributed by atoms with Crippen LogP contribution in [0.25, 0.3) is 0 Å². The second-order valence-corrected chi connectivity index (χ2v) is 3.73. The molecule has 0 amide bonds. The molecule has 0 aromatic heterocycles. The Morgan fingerprint density at radius 1 is 1.62 bits per heavy atom. The quantitative estimate of drug-likeness (QED) is 0.592. The first-order valence-electron chi connectivity index (χ1n) is 3.61.